The Labute approximate surface area is 133 Å². The van der Waals surface area contributed by atoms with Gasteiger partial charge in [-0.2, -0.15) is 5.10 Å². The van der Waals surface area contributed by atoms with Crippen LogP contribution in [0.15, 0.2) is 41.0 Å². The van der Waals surface area contributed by atoms with Gasteiger partial charge in [0.15, 0.2) is 5.82 Å². The molecule has 0 bridgehead atoms. The van der Waals surface area contributed by atoms with E-state index < -0.39 is 0 Å². The van der Waals surface area contributed by atoms with Gasteiger partial charge in [-0.3, -0.25) is 9.89 Å². The van der Waals surface area contributed by atoms with Gasteiger partial charge in [0.2, 0.25) is 0 Å². The molecule has 3 aromatic rings. The van der Waals surface area contributed by atoms with Gasteiger partial charge in [-0.05, 0) is 32.0 Å². The summed E-state index contributed by atoms with van der Waals surface area (Å²) in [6, 6.07) is 9.41. The smallest absolute Gasteiger partial charge is 0.260 e. The normalized spacial score (nSPS) is 15.8. The number of rotatable bonds is 3. The van der Waals surface area contributed by atoms with Crippen molar-refractivity contribution in [1.29, 1.82) is 0 Å². The second-order valence-electron chi connectivity index (χ2n) is 5.83. The van der Waals surface area contributed by atoms with E-state index in [9.17, 15) is 4.79 Å². The van der Waals surface area contributed by atoms with E-state index in [1.54, 1.807) is 0 Å². The highest BCUT2D eigenvalue weighted by Gasteiger charge is 2.19. The number of furan rings is 1. The summed E-state index contributed by atoms with van der Waals surface area (Å²) in [4.78, 5) is 12.4. The molecule has 1 fully saturated rings. The zero-order valence-corrected chi connectivity index (χ0v) is 12.6. The number of aromatic amines is 1. The third-order valence-electron chi connectivity index (χ3n) is 4.34. The lowest BCUT2D eigenvalue weighted by Gasteiger charge is -2.20. The van der Waals surface area contributed by atoms with E-state index in [-0.39, 0.29) is 5.91 Å². The van der Waals surface area contributed by atoms with Crippen molar-refractivity contribution in [2.45, 2.75) is 18.8 Å². The van der Waals surface area contributed by atoms with Crippen LogP contribution in [0.3, 0.4) is 0 Å². The monoisotopic (exact) mass is 310 g/mol. The lowest BCUT2D eigenvalue weighted by molar-refractivity contribution is 0.102. The topological polar surface area (TPSA) is 83.0 Å². The minimum absolute atomic E-state index is 0.210. The van der Waals surface area contributed by atoms with Gasteiger partial charge in [0.25, 0.3) is 5.91 Å². The summed E-state index contributed by atoms with van der Waals surface area (Å²) in [7, 11) is 0. The van der Waals surface area contributed by atoms with E-state index in [1.165, 1.54) is 6.26 Å². The molecule has 4 rings (SSSR count). The molecule has 2 aromatic heterocycles. The molecule has 3 heterocycles. The quantitative estimate of drug-likeness (QED) is 0.694. The number of anilines is 1. The lowest BCUT2D eigenvalue weighted by Crippen LogP contribution is -2.26. The zero-order chi connectivity index (χ0) is 15.6. The van der Waals surface area contributed by atoms with E-state index in [2.05, 4.69) is 20.8 Å². The molecule has 0 radical (unpaired) electrons. The first-order valence-electron chi connectivity index (χ1n) is 7.85. The Hall–Kier alpha value is -2.60. The first-order valence-corrected chi connectivity index (χ1v) is 7.85. The molecule has 23 heavy (non-hydrogen) atoms. The van der Waals surface area contributed by atoms with E-state index in [1.807, 2.05) is 30.3 Å². The number of fused-ring (bicyclic) bond motifs is 1. The van der Waals surface area contributed by atoms with Gasteiger partial charge >= 0.3 is 0 Å². The third kappa shape index (κ3) is 2.73. The minimum Gasteiger partial charge on any atom is -0.463 e. The van der Waals surface area contributed by atoms with Crippen LogP contribution in [0.2, 0.25) is 0 Å². The molecule has 0 aliphatic carbocycles. The molecular formula is C17H18N4O2. The standard InChI is InChI=1S/C17H18N4O2/c22-17(13-10-23-15-4-2-1-3-12(13)15)19-16-9-14(20-21-16)11-5-7-18-8-6-11/h1-4,9-11,18H,5-8H2,(H2,19,20,21,22). The lowest BCUT2D eigenvalue weighted by atomic mass is 9.95. The van der Waals surface area contributed by atoms with Crippen LogP contribution >= 0.6 is 0 Å². The van der Waals surface area contributed by atoms with Gasteiger partial charge in [0.05, 0.1) is 5.56 Å². The largest absolute Gasteiger partial charge is 0.463 e. The molecule has 6 heteroatoms. The average Bonchev–Trinajstić information content (AvgIpc) is 3.22. The molecule has 3 N–H and O–H groups in total. The number of hydrogen-bond acceptors (Lipinski definition) is 4. The molecule has 1 saturated heterocycles. The van der Waals surface area contributed by atoms with Crippen LogP contribution in [-0.4, -0.2) is 29.2 Å². The molecule has 1 aliphatic heterocycles. The highest BCUT2D eigenvalue weighted by molar-refractivity contribution is 6.11. The highest BCUT2D eigenvalue weighted by atomic mass is 16.3. The number of hydrogen-bond donors (Lipinski definition) is 3. The summed E-state index contributed by atoms with van der Waals surface area (Å²) < 4.78 is 5.41. The van der Waals surface area contributed by atoms with Crippen molar-refractivity contribution in [1.82, 2.24) is 15.5 Å². The fourth-order valence-corrected chi connectivity index (χ4v) is 3.08. The van der Waals surface area contributed by atoms with Gasteiger partial charge in [0.1, 0.15) is 11.8 Å². The molecular weight excluding hydrogens is 292 g/mol. The Bertz CT molecular complexity index is 830. The predicted octanol–water partition coefficient (Wildman–Crippen LogP) is 2.88. The Morgan fingerprint density at radius 1 is 1.26 bits per heavy atom. The summed E-state index contributed by atoms with van der Waals surface area (Å²) in [6.07, 6.45) is 3.66. The molecule has 1 aromatic carbocycles. The SMILES string of the molecule is O=C(Nc1cc(C2CCNCC2)[nH]n1)c1coc2ccccc12. The van der Waals surface area contributed by atoms with Gasteiger partial charge in [-0.15, -0.1) is 0 Å². The zero-order valence-electron chi connectivity index (χ0n) is 12.6. The van der Waals surface area contributed by atoms with Gasteiger partial charge < -0.3 is 15.1 Å². The number of benzene rings is 1. The van der Waals surface area contributed by atoms with Gasteiger partial charge in [-0.1, -0.05) is 18.2 Å². The Morgan fingerprint density at radius 3 is 2.96 bits per heavy atom. The highest BCUT2D eigenvalue weighted by Crippen LogP contribution is 2.26. The van der Waals surface area contributed by atoms with E-state index in [0.29, 0.717) is 22.9 Å². The van der Waals surface area contributed by atoms with E-state index >= 15 is 0 Å². The number of H-pyrrole nitrogens is 1. The van der Waals surface area contributed by atoms with Crippen molar-refractivity contribution in [3.63, 3.8) is 0 Å². The summed E-state index contributed by atoms with van der Waals surface area (Å²) in [6.45, 7) is 2.04. The molecule has 0 unspecified atom stereocenters. The molecule has 0 atom stereocenters. The molecule has 118 valence electrons. The van der Waals surface area contributed by atoms with Gasteiger partial charge in [0, 0.05) is 23.1 Å². The molecule has 0 spiro atoms. The molecule has 1 aliphatic rings. The van der Waals surface area contributed by atoms with E-state index in [4.69, 9.17) is 4.42 Å². The van der Waals surface area contributed by atoms with Crippen LogP contribution in [0.4, 0.5) is 5.82 Å². The number of nitrogens with zero attached hydrogens (tertiary/aromatic N) is 1. The molecule has 0 saturated carbocycles. The fourth-order valence-electron chi connectivity index (χ4n) is 3.08. The summed E-state index contributed by atoms with van der Waals surface area (Å²) >= 11 is 0. The maximum atomic E-state index is 12.4. The first-order chi connectivity index (χ1) is 11.3. The summed E-state index contributed by atoms with van der Waals surface area (Å²) in [5.74, 6) is 0.816. The Morgan fingerprint density at radius 2 is 2.09 bits per heavy atom. The summed E-state index contributed by atoms with van der Waals surface area (Å²) in [5, 5.41) is 14.2. The van der Waals surface area contributed by atoms with Gasteiger partial charge in [-0.25, -0.2) is 0 Å². The maximum Gasteiger partial charge on any atom is 0.260 e. The number of nitrogens with one attached hydrogen (secondary N) is 3. The van der Waals surface area contributed by atoms with Crippen molar-refractivity contribution in [3.05, 3.63) is 47.9 Å². The minimum atomic E-state index is -0.210. The number of carbonyl (C=O) groups is 1. The van der Waals surface area contributed by atoms with E-state index in [0.717, 1.165) is 37.0 Å². The van der Waals surface area contributed by atoms with Crippen LogP contribution in [0, 0.1) is 0 Å². The van der Waals surface area contributed by atoms with Crippen LogP contribution in [0.5, 0.6) is 0 Å². The second kappa shape index (κ2) is 5.89. The average molecular weight is 310 g/mol. The van der Waals surface area contributed by atoms with Crippen molar-refractivity contribution >= 4 is 22.7 Å². The number of para-hydroxylation sites is 1. The van der Waals surface area contributed by atoms with Crippen LogP contribution in [0.1, 0.15) is 34.8 Å². The first kappa shape index (κ1) is 14.0. The Kier molecular flexibility index (Phi) is 3.59. The summed E-state index contributed by atoms with van der Waals surface area (Å²) in [5.41, 5.74) is 2.31. The maximum absolute atomic E-state index is 12.4. The molecule has 6 nitrogen and oxygen atoms in total. The number of amides is 1. The fraction of sp³-hybridized carbons (Fsp3) is 0.294. The Balaban J connectivity index is 1.51. The molecule has 1 amide bonds. The number of aromatic nitrogens is 2. The second-order valence-corrected chi connectivity index (χ2v) is 5.83. The van der Waals surface area contributed by atoms with Crippen LogP contribution in [-0.2, 0) is 0 Å². The van der Waals surface area contributed by atoms with Crippen LogP contribution in [0.25, 0.3) is 11.0 Å². The third-order valence-corrected chi connectivity index (χ3v) is 4.34. The van der Waals surface area contributed by atoms with Crippen molar-refractivity contribution in [3.8, 4) is 0 Å². The number of piperidine rings is 1. The number of carbonyl (C=O) groups excluding carboxylic acids is 1. The predicted molar refractivity (Wildman–Crippen MR) is 87.6 cm³/mol. The van der Waals surface area contributed by atoms with Crippen molar-refractivity contribution < 1.29 is 9.21 Å². The van der Waals surface area contributed by atoms with Crippen LogP contribution < -0.4 is 10.6 Å². The van der Waals surface area contributed by atoms with Crippen molar-refractivity contribution in [2.75, 3.05) is 18.4 Å². The van der Waals surface area contributed by atoms with Crippen molar-refractivity contribution in [2.24, 2.45) is 0 Å².